The van der Waals surface area contributed by atoms with Crippen LogP contribution >= 0.6 is 11.6 Å². The molecule has 0 saturated heterocycles. The maximum Gasteiger partial charge on any atom is 0.220 e. The van der Waals surface area contributed by atoms with Gasteiger partial charge in [0, 0.05) is 24.5 Å². The van der Waals surface area contributed by atoms with Crippen LogP contribution in [0.15, 0.2) is 24.3 Å². The number of aryl methyl sites for hydroxylation is 1. The molecule has 0 unspecified atom stereocenters. The summed E-state index contributed by atoms with van der Waals surface area (Å²) in [4.78, 5) is 11.2. The van der Waals surface area contributed by atoms with Gasteiger partial charge in [0.25, 0.3) is 0 Å². The van der Waals surface area contributed by atoms with Gasteiger partial charge in [0.05, 0.1) is 0 Å². The third-order valence-corrected chi connectivity index (χ3v) is 2.27. The summed E-state index contributed by atoms with van der Waals surface area (Å²) >= 11 is 5.75. The molecule has 0 aromatic heterocycles. The molecule has 3 nitrogen and oxygen atoms in total. The molecule has 0 aliphatic carbocycles. The van der Waals surface area contributed by atoms with Crippen molar-refractivity contribution < 1.29 is 4.79 Å². The number of rotatable bonds is 5. The number of halogens is 1. The molecular formula is C11H15ClN2O. The van der Waals surface area contributed by atoms with Gasteiger partial charge in [0.1, 0.15) is 0 Å². The van der Waals surface area contributed by atoms with E-state index >= 15 is 0 Å². The van der Waals surface area contributed by atoms with E-state index in [1.165, 1.54) is 0 Å². The molecule has 0 saturated carbocycles. The van der Waals surface area contributed by atoms with Gasteiger partial charge in [-0.15, -0.1) is 0 Å². The predicted octanol–water partition coefficient (Wildman–Crippen LogP) is 1.35. The molecule has 1 amide bonds. The second kappa shape index (κ2) is 6.43. The highest BCUT2D eigenvalue weighted by atomic mass is 35.5. The van der Waals surface area contributed by atoms with Crippen LogP contribution in [0.3, 0.4) is 0 Å². The first-order chi connectivity index (χ1) is 7.22. The maximum absolute atomic E-state index is 11.2. The van der Waals surface area contributed by atoms with Crippen molar-refractivity contribution in [1.82, 2.24) is 5.32 Å². The highest BCUT2D eigenvalue weighted by Gasteiger charge is 2.00. The zero-order chi connectivity index (χ0) is 11.1. The van der Waals surface area contributed by atoms with Crippen molar-refractivity contribution in [2.75, 3.05) is 13.1 Å². The van der Waals surface area contributed by atoms with Gasteiger partial charge in [0.15, 0.2) is 0 Å². The average molecular weight is 227 g/mol. The highest BCUT2D eigenvalue weighted by molar-refractivity contribution is 6.30. The molecule has 15 heavy (non-hydrogen) atoms. The third-order valence-electron chi connectivity index (χ3n) is 2.02. The van der Waals surface area contributed by atoms with Gasteiger partial charge in [-0.2, -0.15) is 0 Å². The Kier molecular flexibility index (Phi) is 5.15. The van der Waals surface area contributed by atoms with Crippen LogP contribution in [0, 0.1) is 0 Å². The van der Waals surface area contributed by atoms with Gasteiger partial charge < -0.3 is 11.1 Å². The molecule has 3 N–H and O–H groups in total. The summed E-state index contributed by atoms with van der Waals surface area (Å²) in [5, 5.41) is 3.44. The quantitative estimate of drug-likeness (QED) is 0.797. The van der Waals surface area contributed by atoms with E-state index in [1.807, 2.05) is 24.3 Å². The van der Waals surface area contributed by atoms with Crippen LogP contribution in [-0.2, 0) is 11.2 Å². The van der Waals surface area contributed by atoms with Crippen LogP contribution in [-0.4, -0.2) is 19.0 Å². The Balaban J connectivity index is 2.30. The molecular weight excluding hydrogens is 212 g/mol. The van der Waals surface area contributed by atoms with Crippen LogP contribution < -0.4 is 11.1 Å². The average Bonchev–Trinajstić information content (AvgIpc) is 2.25. The van der Waals surface area contributed by atoms with Crippen LogP contribution in [0.4, 0.5) is 0 Å². The Labute approximate surface area is 94.6 Å². The molecule has 4 heteroatoms. The SMILES string of the molecule is NCCNC(=O)CCc1ccc(Cl)cc1. The van der Waals surface area contributed by atoms with Gasteiger partial charge in [-0.3, -0.25) is 4.79 Å². The molecule has 0 fully saturated rings. The first kappa shape index (κ1) is 12.0. The lowest BCUT2D eigenvalue weighted by Crippen LogP contribution is -2.29. The number of nitrogens with one attached hydrogen (secondary N) is 1. The number of hydrogen-bond acceptors (Lipinski definition) is 2. The lowest BCUT2D eigenvalue weighted by molar-refractivity contribution is -0.120. The largest absolute Gasteiger partial charge is 0.355 e. The fourth-order valence-corrected chi connectivity index (χ4v) is 1.33. The molecule has 0 aliphatic rings. The van der Waals surface area contributed by atoms with Crippen LogP contribution in [0.5, 0.6) is 0 Å². The van der Waals surface area contributed by atoms with E-state index in [0.717, 1.165) is 12.0 Å². The highest BCUT2D eigenvalue weighted by Crippen LogP contribution is 2.10. The molecule has 0 heterocycles. The summed E-state index contributed by atoms with van der Waals surface area (Å²) in [6.45, 7) is 1.02. The summed E-state index contributed by atoms with van der Waals surface area (Å²) in [5.41, 5.74) is 6.38. The number of nitrogens with two attached hydrogens (primary N) is 1. The first-order valence-electron chi connectivity index (χ1n) is 4.93. The van der Waals surface area contributed by atoms with Crippen molar-refractivity contribution >= 4 is 17.5 Å². The Morgan fingerprint density at radius 2 is 2.00 bits per heavy atom. The second-order valence-corrected chi connectivity index (χ2v) is 3.70. The fraction of sp³-hybridized carbons (Fsp3) is 0.364. The smallest absolute Gasteiger partial charge is 0.220 e. The molecule has 1 rings (SSSR count). The molecule has 0 bridgehead atoms. The summed E-state index contributed by atoms with van der Waals surface area (Å²) in [5.74, 6) is 0.0374. The molecule has 0 radical (unpaired) electrons. The minimum Gasteiger partial charge on any atom is -0.355 e. The van der Waals surface area contributed by atoms with E-state index in [0.29, 0.717) is 24.5 Å². The van der Waals surface area contributed by atoms with Crippen molar-refractivity contribution in [1.29, 1.82) is 0 Å². The van der Waals surface area contributed by atoms with Crippen molar-refractivity contribution in [3.63, 3.8) is 0 Å². The Morgan fingerprint density at radius 1 is 1.33 bits per heavy atom. The summed E-state index contributed by atoms with van der Waals surface area (Å²) in [6, 6.07) is 7.51. The van der Waals surface area contributed by atoms with Gasteiger partial charge in [-0.1, -0.05) is 23.7 Å². The van der Waals surface area contributed by atoms with Gasteiger partial charge in [-0.25, -0.2) is 0 Å². The van der Waals surface area contributed by atoms with E-state index < -0.39 is 0 Å². The van der Waals surface area contributed by atoms with Gasteiger partial charge in [-0.05, 0) is 24.1 Å². The normalized spacial score (nSPS) is 10.0. The van der Waals surface area contributed by atoms with Crippen molar-refractivity contribution in [2.24, 2.45) is 5.73 Å². The van der Waals surface area contributed by atoms with Gasteiger partial charge >= 0.3 is 0 Å². The summed E-state index contributed by atoms with van der Waals surface area (Å²) in [7, 11) is 0. The van der Waals surface area contributed by atoms with Crippen LogP contribution in [0.1, 0.15) is 12.0 Å². The topological polar surface area (TPSA) is 55.1 Å². The maximum atomic E-state index is 11.2. The molecule has 82 valence electrons. The van der Waals surface area contributed by atoms with Crippen molar-refractivity contribution in [2.45, 2.75) is 12.8 Å². The minimum absolute atomic E-state index is 0.0374. The zero-order valence-corrected chi connectivity index (χ0v) is 9.26. The number of carbonyl (C=O) groups is 1. The van der Waals surface area contributed by atoms with Gasteiger partial charge in [0.2, 0.25) is 5.91 Å². The molecule has 0 aliphatic heterocycles. The number of benzene rings is 1. The monoisotopic (exact) mass is 226 g/mol. The number of carbonyl (C=O) groups excluding carboxylic acids is 1. The Hall–Kier alpha value is -1.06. The molecule has 0 atom stereocenters. The van der Waals surface area contributed by atoms with E-state index in [-0.39, 0.29) is 5.91 Å². The van der Waals surface area contributed by atoms with E-state index in [4.69, 9.17) is 17.3 Å². The molecule has 1 aromatic rings. The van der Waals surface area contributed by atoms with Crippen LogP contribution in [0.2, 0.25) is 5.02 Å². The predicted molar refractivity (Wildman–Crippen MR) is 61.8 cm³/mol. The standard InChI is InChI=1S/C11H15ClN2O/c12-10-4-1-9(2-5-10)3-6-11(15)14-8-7-13/h1-2,4-5H,3,6-8,13H2,(H,14,15). The Bertz CT molecular complexity index is 311. The lowest BCUT2D eigenvalue weighted by Gasteiger charge is -2.03. The lowest BCUT2D eigenvalue weighted by atomic mass is 10.1. The summed E-state index contributed by atoms with van der Waals surface area (Å²) in [6.07, 6.45) is 1.22. The molecule has 0 spiro atoms. The molecule has 1 aromatic carbocycles. The number of hydrogen-bond donors (Lipinski definition) is 2. The van der Waals surface area contributed by atoms with E-state index in [9.17, 15) is 4.79 Å². The fourth-order valence-electron chi connectivity index (χ4n) is 1.21. The van der Waals surface area contributed by atoms with E-state index in [1.54, 1.807) is 0 Å². The Morgan fingerprint density at radius 3 is 2.60 bits per heavy atom. The first-order valence-corrected chi connectivity index (χ1v) is 5.31. The van der Waals surface area contributed by atoms with Crippen molar-refractivity contribution in [3.8, 4) is 0 Å². The van der Waals surface area contributed by atoms with E-state index in [2.05, 4.69) is 5.32 Å². The number of amides is 1. The van der Waals surface area contributed by atoms with Crippen molar-refractivity contribution in [3.05, 3.63) is 34.9 Å². The van der Waals surface area contributed by atoms with Crippen LogP contribution in [0.25, 0.3) is 0 Å². The minimum atomic E-state index is 0.0374. The third kappa shape index (κ3) is 4.81. The second-order valence-electron chi connectivity index (χ2n) is 3.27. The summed E-state index contributed by atoms with van der Waals surface area (Å²) < 4.78 is 0. The zero-order valence-electron chi connectivity index (χ0n) is 8.50.